The molecule has 0 fully saturated rings. The first-order valence-corrected chi connectivity index (χ1v) is 9.48. The van der Waals surface area contributed by atoms with E-state index in [1.54, 1.807) is 6.07 Å². The summed E-state index contributed by atoms with van der Waals surface area (Å²) in [6.07, 6.45) is 8.62. The van der Waals surface area contributed by atoms with E-state index in [0.717, 1.165) is 31.2 Å². The first-order chi connectivity index (χ1) is 13.2. The lowest BCUT2D eigenvalue weighted by molar-refractivity contribution is 0.511. The van der Waals surface area contributed by atoms with Gasteiger partial charge in [-0.2, -0.15) is 0 Å². The zero-order valence-electron chi connectivity index (χ0n) is 15.6. The molecule has 0 aromatic heterocycles. The van der Waals surface area contributed by atoms with Crippen LogP contribution in [0.1, 0.15) is 31.7 Å². The van der Waals surface area contributed by atoms with E-state index < -0.39 is 11.6 Å². The molecule has 27 heavy (non-hydrogen) atoms. The quantitative estimate of drug-likeness (QED) is 0.380. The molecule has 0 unspecified atom stereocenters. The third-order valence-corrected chi connectivity index (χ3v) is 4.64. The van der Waals surface area contributed by atoms with Gasteiger partial charge in [-0.15, -0.1) is 0 Å². The summed E-state index contributed by atoms with van der Waals surface area (Å²) in [5.41, 5.74) is 3.77. The predicted octanol–water partition coefficient (Wildman–Crippen LogP) is 7.59. The van der Waals surface area contributed by atoms with Gasteiger partial charge in [0.1, 0.15) is 0 Å². The first-order valence-electron chi connectivity index (χ1n) is 9.48. The standard InChI is InChI=1S/C25H24F2/c1-2-3-4-5-7-10-19-13-15-21(16-14-19)24-22(17-18-23(26)25(24)27)20-11-8-6-9-12-20/h4-6,8-9,11-18H,2-3,7,10H2,1H3. The molecular formula is C25H24F2. The Morgan fingerprint density at radius 3 is 2.15 bits per heavy atom. The van der Waals surface area contributed by atoms with Crippen LogP contribution in [0.25, 0.3) is 22.3 Å². The molecule has 0 aliphatic carbocycles. The maximum atomic E-state index is 14.7. The molecule has 0 heterocycles. The number of rotatable bonds is 7. The van der Waals surface area contributed by atoms with Crippen molar-refractivity contribution in [2.24, 2.45) is 0 Å². The molecule has 0 spiro atoms. The fraction of sp³-hybridized carbons (Fsp3) is 0.200. The van der Waals surface area contributed by atoms with E-state index in [0.29, 0.717) is 16.7 Å². The molecule has 2 heteroatoms. The van der Waals surface area contributed by atoms with Crippen LogP contribution < -0.4 is 0 Å². The second-order valence-electron chi connectivity index (χ2n) is 6.65. The van der Waals surface area contributed by atoms with Crippen molar-refractivity contribution >= 4 is 0 Å². The van der Waals surface area contributed by atoms with Crippen LogP contribution in [-0.2, 0) is 6.42 Å². The van der Waals surface area contributed by atoms with Crippen LogP contribution >= 0.6 is 0 Å². The van der Waals surface area contributed by atoms with Gasteiger partial charge in [0, 0.05) is 5.56 Å². The van der Waals surface area contributed by atoms with Crippen molar-refractivity contribution in [3.05, 3.63) is 96.1 Å². The average molecular weight is 362 g/mol. The van der Waals surface area contributed by atoms with E-state index in [1.807, 2.05) is 54.6 Å². The van der Waals surface area contributed by atoms with E-state index in [4.69, 9.17) is 0 Å². The SMILES string of the molecule is CCCC=CCCc1ccc(-c2c(-c3ccccc3)ccc(F)c2F)cc1. The molecule has 0 saturated carbocycles. The normalized spacial score (nSPS) is 11.2. The van der Waals surface area contributed by atoms with Gasteiger partial charge in [-0.25, -0.2) is 8.78 Å². The summed E-state index contributed by atoms with van der Waals surface area (Å²) >= 11 is 0. The Morgan fingerprint density at radius 1 is 0.741 bits per heavy atom. The Kier molecular flexibility index (Phi) is 6.54. The highest BCUT2D eigenvalue weighted by Crippen LogP contribution is 2.35. The molecule has 0 nitrogen and oxygen atoms in total. The van der Waals surface area contributed by atoms with Gasteiger partial charge in [-0.1, -0.05) is 86.2 Å². The molecule has 0 radical (unpaired) electrons. The highest BCUT2D eigenvalue weighted by Gasteiger charge is 2.16. The molecule has 3 aromatic carbocycles. The number of halogens is 2. The number of unbranched alkanes of at least 4 members (excludes halogenated alkanes) is 1. The topological polar surface area (TPSA) is 0 Å². The molecule has 3 aromatic rings. The van der Waals surface area contributed by atoms with Crippen LogP contribution in [0.5, 0.6) is 0 Å². The molecule has 0 N–H and O–H groups in total. The average Bonchev–Trinajstić information content (AvgIpc) is 2.71. The largest absolute Gasteiger partial charge is 0.204 e. The van der Waals surface area contributed by atoms with Gasteiger partial charge in [0.15, 0.2) is 11.6 Å². The lowest BCUT2D eigenvalue weighted by atomic mass is 9.93. The van der Waals surface area contributed by atoms with E-state index in [2.05, 4.69) is 19.1 Å². The van der Waals surface area contributed by atoms with E-state index in [1.165, 1.54) is 11.6 Å². The van der Waals surface area contributed by atoms with Gasteiger partial charge >= 0.3 is 0 Å². The zero-order valence-corrected chi connectivity index (χ0v) is 15.6. The molecule has 0 saturated heterocycles. The van der Waals surface area contributed by atoms with Crippen LogP contribution in [-0.4, -0.2) is 0 Å². The van der Waals surface area contributed by atoms with E-state index in [-0.39, 0.29) is 0 Å². The summed E-state index contributed by atoms with van der Waals surface area (Å²) < 4.78 is 28.6. The maximum Gasteiger partial charge on any atom is 0.167 e. The van der Waals surface area contributed by atoms with Crippen molar-refractivity contribution < 1.29 is 8.78 Å². The van der Waals surface area contributed by atoms with Crippen molar-refractivity contribution in [2.75, 3.05) is 0 Å². The van der Waals surface area contributed by atoms with Crippen molar-refractivity contribution in [1.82, 2.24) is 0 Å². The molecule has 0 aliphatic rings. The second kappa shape index (κ2) is 9.27. The van der Waals surface area contributed by atoms with Crippen molar-refractivity contribution in [1.29, 1.82) is 0 Å². The maximum absolute atomic E-state index is 14.7. The summed E-state index contributed by atoms with van der Waals surface area (Å²) in [6, 6.07) is 20.1. The number of aryl methyl sites for hydroxylation is 1. The molecule has 3 rings (SSSR count). The van der Waals surface area contributed by atoms with Crippen molar-refractivity contribution in [3.8, 4) is 22.3 Å². The van der Waals surface area contributed by atoms with Gasteiger partial charge in [0.25, 0.3) is 0 Å². The first kappa shape index (κ1) is 19.0. The third kappa shape index (κ3) is 4.71. The summed E-state index contributed by atoms with van der Waals surface area (Å²) in [7, 11) is 0. The molecule has 0 atom stereocenters. The predicted molar refractivity (Wildman–Crippen MR) is 110 cm³/mol. The lowest BCUT2D eigenvalue weighted by Crippen LogP contribution is -1.94. The minimum atomic E-state index is -0.824. The summed E-state index contributed by atoms with van der Waals surface area (Å²) in [6.45, 7) is 2.16. The van der Waals surface area contributed by atoms with Crippen LogP contribution in [0.15, 0.2) is 78.9 Å². The second-order valence-corrected chi connectivity index (χ2v) is 6.65. The summed E-state index contributed by atoms with van der Waals surface area (Å²) in [5.74, 6) is -1.62. The van der Waals surface area contributed by atoms with Gasteiger partial charge in [0.05, 0.1) is 0 Å². The number of hydrogen-bond donors (Lipinski definition) is 0. The molecule has 0 amide bonds. The fourth-order valence-electron chi connectivity index (χ4n) is 3.18. The summed E-state index contributed by atoms with van der Waals surface area (Å²) in [5, 5.41) is 0. The molecule has 138 valence electrons. The minimum Gasteiger partial charge on any atom is -0.204 e. The molecular weight excluding hydrogens is 338 g/mol. The highest BCUT2D eigenvalue weighted by molar-refractivity contribution is 5.84. The zero-order chi connectivity index (χ0) is 19.1. The van der Waals surface area contributed by atoms with E-state index in [9.17, 15) is 8.78 Å². The lowest BCUT2D eigenvalue weighted by Gasteiger charge is -2.13. The van der Waals surface area contributed by atoms with Gasteiger partial charge in [0.2, 0.25) is 0 Å². The van der Waals surface area contributed by atoms with E-state index >= 15 is 0 Å². The monoisotopic (exact) mass is 362 g/mol. The molecule has 0 bridgehead atoms. The van der Waals surface area contributed by atoms with Crippen molar-refractivity contribution in [3.63, 3.8) is 0 Å². The van der Waals surface area contributed by atoms with Crippen LogP contribution in [0.3, 0.4) is 0 Å². The van der Waals surface area contributed by atoms with Gasteiger partial charge in [-0.05, 0) is 47.6 Å². The number of benzene rings is 3. The number of hydrogen-bond acceptors (Lipinski definition) is 0. The Labute approximate surface area is 160 Å². The van der Waals surface area contributed by atoms with Crippen LogP contribution in [0.4, 0.5) is 8.78 Å². The Bertz CT molecular complexity index is 894. The number of allylic oxidation sites excluding steroid dienone is 2. The summed E-state index contributed by atoms with van der Waals surface area (Å²) in [4.78, 5) is 0. The third-order valence-electron chi connectivity index (χ3n) is 4.64. The molecule has 0 aliphatic heterocycles. The Hall–Kier alpha value is -2.74. The Morgan fingerprint density at radius 2 is 1.44 bits per heavy atom. The minimum absolute atomic E-state index is 0.315. The van der Waals surface area contributed by atoms with Crippen LogP contribution in [0, 0.1) is 11.6 Å². The smallest absolute Gasteiger partial charge is 0.167 e. The van der Waals surface area contributed by atoms with Crippen molar-refractivity contribution in [2.45, 2.75) is 32.6 Å². The van der Waals surface area contributed by atoms with Gasteiger partial charge < -0.3 is 0 Å². The Balaban J connectivity index is 1.89. The van der Waals surface area contributed by atoms with Gasteiger partial charge in [-0.3, -0.25) is 0 Å². The fourth-order valence-corrected chi connectivity index (χ4v) is 3.18. The van der Waals surface area contributed by atoms with Crippen LogP contribution in [0.2, 0.25) is 0 Å². The highest BCUT2D eigenvalue weighted by atomic mass is 19.2.